The van der Waals surface area contributed by atoms with Gasteiger partial charge < -0.3 is 19.5 Å². The van der Waals surface area contributed by atoms with Gasteiger partial charge >= 0.3 is 5.97 Å². The van der Waals surface area contributed by atoms with Crippen molar-refractivity contribution < 1.29 is 23.8 Å². The van der Waals surface area contributed by atoms with Crippen LogP contribution in [0.1, 0.15) is 32.6 Å². The third kappa shape index (κ3) is 5.38. The fourth-order valence-electron chi connectivity index (χ4n) is 2.71. The molecule has 1 saturated carbocycles. The predicted octanol–water partition coefficient (Wildman–Crippen LogP) is 1.96. The number of para-hydroxylation sites is 2. The van der Waals surface area contributed by atoms with Crippen LogP contribution in [0.25, 0.3) is 0 Å². The molecule has 1 aromatic carbocycles. The van der Waals surface area contributed by atoms with E-state index in [2.05, 4.69) is 11.4 Å². The molecule has 1 fully saturated rings. The van der Waals surface area contributed by atoms with E-state index in [1.54, 1.807) is 24.3 Å². The van der Waals surface area contributed by atoms with E-state index in [0.717, 1.165) is 12.8 Å². The molecule has 0 heterocycles. The average molecular weight is 346 g/mol. The van der Waals surface area contributed by atoms with E-state index in [4.69, 9.17) is 14.2 Å². The van der Waals surface area contributed by atoms with E-state index in [1.807, 2.05) is 6.92 Å². The highest BCUT2D eigenvalue weighted by Crippen LogP contribution is 2.28. The molecule has 0 aliphatic heterocycles. The normalized spacial score (nSPS) is 15.0. The maximum Gasteiger partial charge on any atom is 0.344 e. The van der Waals surface area contributed by atoms with Crippen molar-refractivity contribution in [3.05, 3.63) is 24.3 Å². The van der Waals surface area contributed by atoms with Crippen LogP contribution < -0.4 is 14.8 Å². The number of nitrogens with zero attached hydrogens (tertiary/aromatic N) is 1. The Morgan fingerprint density at radius 3 is 2.40 bits per heavy atom. The maximum absolute atomic E-state index is 11.9. The molecular weight excluding hydrogens is 324 g/mol. The Labute approximate surface area is 146 Å². The van der Waals surface area contributed by atoms with Crippen molar-refractivity contribution in [2.75, 3.05) is 19.8 Å². The van der Waals surface area contributed by atoms with Crippen LogP contribution in [-0.4, -0.2) is 37.2 Å². The summed E-state index contributed by atoms with van der Waals surface area (Å²) in [4.78, 5) is 23.6. The highest BCUT2D eigenvalue weighted by Gasteiger charge is 2.35. The second-order valence-corrected chi connectivity index (χ2v) is 5.78. The fraction of sp³-hybridized carbons (Fsp3) is 0.500. The number of hydrogen-bond donors (Lipinski definition) is 1. The minimum Gasteiger partial charge on any atom is -0.490 e. The van der Waals surface area contributed by atoms with Gasteiger partial charge in [-0.05, 0) is 44.7 Å². The highest BCUT2D eigenvalue weighted by molar-refractivity contribution is 5.81. The molecule has 1 N–H and O–H groups in total. The van der Waals surface area contributed by atoms with E-state index < -0.39 is 24.0 Å². The third-order valence-electron chi connectivity index (χ3n) is 3.91. The first kappa shape index (κ1) is 18.6. The van der Waals surface area contributed by atoms with Gasteiger partial charge in [0.1, 0.15) is 5.54 Å². The molecule has 7 nitrogen and oxygen atoms in total. The van der Waals surface area contributed by atoms with Crippen molar-refractivity contribution in [2.45, 2.75) is 38.1 Å². The number of esters is 1. The molecule has 7 heteroatoms. The number of benzene rings is 1. The van der Waals surface area contributed by atoms with Crippen molar-refractivity contribution >= 4 is 11.9 Å². The largest absolute Gasteiger partial charge is 0.490 e. The van der Waals surface area contributed by atoms with Gasteiger partial charge in [-0.1, -0.05) is 12.1 Å². The zero-order valence-electron chi connectivity index (χ0n) is 14.2. The van der Waals surface area contributed by atoms with Gasteiger partial charge in [0.05, 0.1) is 12.7 Å². The molecular formula is C18H22N2O5. The molecule has 0 spiro atoms. The van der Waals surface area contributed by atoms with Gasteiger partial charge in [0.15, 0.2) is 24.7 Å². The van der Waals surface area contributed by atoms with Gasteiger partial charge in [-0.2, -0.15) is 5.26 Å². The van der Waals surface area contributed by atoms with Crippen LogP contribution in [0.15, 0.2) is 24.3 Å². The summed E-state index contributed by atoms with van der Waals surface area (Å²) in [5.74, 6) is -0.182. The number of carbonyl (C=O) groups is 2. The smallest absolute Gasteiger partial charge is 0.344 e. The summed E-state index contributed by atoms with van der Waals surface area (Å²) in [6.45, 7) is 1.56. The first-order valence-electron chi connectivity index (χ1n) is 8.31. The lowest BCUT2D eigenvalue weighted by Crippen LogP contribution is -2.46. The zero-order chi connectivity index (χ0) is 18.1. The Morgan fingerprint density at radius 1 is 1.16 bits per heavy atom. The van der Waals surface area contributed by atoms with Gasteiger partial charge in [0.25, 0.3) is 5.91 Å². The van der Waals surface area contributed by atoms with Gasteiger partial charge in [-0.15, -0.1) is 0 Å². The summed E-state index contributed by atoms with van der Waals surface area (Å²) in [5.41, 5.74) is -0.823. The minimum absolute atomic E-state index is 0.333. The Balaban J connectivity index is 1.76. The number of rotatable bonds is 8. The van der Waals surface area contributed by atoms with Gasteiger partial charge in [0, 0.05) is 0 Å². The summed E-state index contributed by atoms with van der Waals surface area (Å²) in [6, 6.07) is 9.13. The quantitative estimate of drug-likeness (QED) is 0.723. The topological polar surface area (TPSA) is 97.7 Å². The minimum atomic E-state index is -0.823. The first-order valence-corrected chi connectivity index (χ1v) is 8.31. The van der Waals surface area contributed by atoms with E-state index >= 15 is 0 Å². The van der Waals surface area contributed by atoms with Crippen molar-refractivity contribution in [1.29, 1.82) is 5.26 Å². The Morgan fingerprint density at radius 2 is 1.80 bits per heavy atom. The van der Waals surface area contributed by atoms with Crippen LogP contribution in [0.4, 0.5) is 0 Å². The molecule has 1 aromatic rings. The van der Waals surface area contributed by atoms with Crippen molar-refractivity contribution in [2.24, 2.45) is 0 Å². The fourth-order valence-corrected chi connectivity index (χ4v) is 2.71. The molecule has 0 bridgehead atoms. The molecule has 0 unspecified atom stereocenters. The molecule has 1 aliphatic rings. The van der Waals surface area contributed by atoms with Crippen LogP contribution in [-0.2, 0) is 14.3 Å². The van der Waals surface area contributed by atoms with Crippen molar-refractivity contribution in [3.63, 3.8) is 0 Å². The SMILES string of the molecule is CCOc1ccccc1OCC(=O)OCC(=O)NC1(C#N)CCCC1. The van der Waals surface area contributed by atoms with Crippen molar-refractivity contribution in [1.82, 2.24) is 5.32 Å². The number of carbonyl (C=O) groups excluding carboxylic acids is 2. The second kappa shape index (κ2) is 8.92. The van der Waals surface area contributed by atoms with E-state index in [0.29, 0.717) is 30.9 Å². The lowest BCUT2D eigenvalue weighted by molar-refractivity contribution is -0.150. The molecule has 0 atom stereocenters. The Hall–Kier alpha value is -2.75. The first-order chi connectivity index (χ1) is 12.1. The maximum atomic E-state index is 11.9. The Kier molecular flexibility index (Phi) is 6.63. The van der Waals surface area contributed by atoms with Crippen LogP contribution in [0.5, 0.6) is 11.5 Å². The molecule has 1 amide bonds. The molecule has 2 rings (SSSR count). The number of nitrogens with one attached hydrogen (secondary N) is 1. The monoisotopic (exact) mass is 346 g/mol. The number of hydrogen-bond acceptors (Lipinski definition) is 6. The Bertz CT molecular complexity index is 647. The van der Waals surface area contributed by atoms with E-state index in [-0.39, 0.29) is 6.61 Å². The van der Waals surface area contributed by atoms with Crippen LogP contribution >= 0.6 is 0 Å². The number of nitriles is 1. The summed E-state index contributed by atoms with van der Waals surface area (Å²) >= 11 is 0. The molecule has 0 saturated heterocycles. The third-order valence-corrected chi connectivity index (χ3v) is 3.91. The van der Waals surface area contributed by atoms with E-state index in [9.17, 15) is 14.9 Å². The summed E-state index contributed by atoms with van der Waals surface area (Å²) in [5, 5.41) is 11.9. The molecule has 134 valence electrons. The van der Waals surface area contributed by atoms with Crippen LogP contribution in [0.3, 0.4) is 0 Å². The van der Waals surface area contributed by atoms with Crippen LogP contribution in [0.2, 0.25) is 0 Å². The molecule has 1 aliphatic carbocycles. The van der Waals surface area contributed by atoms with Crippen molar-refractivity contribution in [3.8, 4) is 17.6 Å². The predicted molar refractivity (Wildman–Crippen MR) is 89.0 cm³/mol. The molecule has 0 radical (unpaired) electrons. The standard InChI is InChI=1S/C18H22N2O5/c1-2-23-14-7-3-4-8-15(14)24-12-17(22)25-11-16(21)20-18(13-19)9-5-6-10-18/h3-4,7-8H,2,5-6,9-12H2,1H3,(H,20,21). The lowest BCUT2D eigenvalue weighted by Gasteiger charge is -2.21. The molecule has 0 aromatic heterocycles. The van der Waals surface area contributed by atoms with Crippen LogP contribution in [0, 0.1) is 11.3 Å². The zero-order valence-corrected chi connectivity index (χ0v) is 14.2. The summed E-state index contributed by atoms with van der Waals surface area (Å²) in [7, 11) is 0. The second-order valence-electron chi connectivity index (χ2n) is 5.78. The lowest BCUT2D eigenvalue weighted by atomic mass is 10.00. The molecule has 25 heavy (non-hydrogen) atoms. The van der Waals surface area contributed by atoms with Gasteiger partial charge in [-0.3, -0.25) is 4.79 Å². The number of ether oxygens (including phenoxy) is 3. The van der Waals surface area contributed by atoms with E-state index in [1.165, 1.54) is 0 Å². The highest BCUT2D eigenvalue weighted by atomic mass is 16.6. The van der Waals surface area contributed by atoms with Gasteiger partial charge in [-0.25, -0.2) is 4.79 Å². The average Bonchev–Trinajstić information content (AvgIpc) is 3.08. The number of amides is 1. The summed E-state index contributed by atoms with van der Waals surface area (Å²) < 4.78 is 15.7. The summed E-state index contributed by atoms with van der Waals surface area (Å²) in [6.07, 6.45) is 3.06. The van der Waals surface area contributed by atoms with Gasteiger partial charge in [0.2, 0.25) is 0 Å².